The highest BCUT2D eigenvalue weighted by Crippen LogP contribution is 2.67. The van der Waals surface area contributed by atoms with Crippen molar-refractivity contribution in [1.82, 2.24) is 5.32 Å². The quantitative estimate of drug-likeness (QED) is 0.0922. The third-order valence-electron chi connectivity index (χ3n) is 14.6. The van der Waals surface area contributed by atoms with Gasteiger partial charge in [0.05, 0.1) is 0 Å². The Hall–Kier alpha value is -0.720. The highest BCUT2D eigenvalue weighted by molar-refractivity contribution is 5.25. The van der Waals surface area contributed by atoms with Crippen molar-refractivity contribution in [2.24, 2.45) is 52.3 Å². The molecule has 8 atom stereocenters. The van der Waals surface area contributed by atoms with Crippen molar-refractivity contribution in [3.05, 3.63) is 23.9 Å². The lowest BCUT2D eigenvalue weighted by molar-refractivity contribution is -0.0527. The van der Waals surface area contributed by atoms with E-state index < -0.39 is 0 Å². The van der Waals surface area contributed by atoms with Crippen molar-refractivity contribution in [3.63, 3.8) is 0 Å². The van der Waals surface area contributed by atoms with Gasteiger partial charge in [-0.15, -0.1) is 0 Å². The second-order valence-corrected chi connectivity index (χ2v) is 18.4. The molecule has 4 aliphatic carbocycles. The summed E-state index contributed by atoms with van der Waals surface area (Å²) in [6.45, 7) is 20.8. The maximum atomic E-state index is 4.50. The van der Waals surface area contributed by atoms with Gasteiger partial charge in [-0.25, -0.2) is 0 Å². The van der Waals surface area contributed by atoms with Gasteiger partial charge in [0.2, 0.25) is 0 Å². The third kappa shape index (κ3) is 10.2. The largest absolute Gasteiger partial charge is 0.389 e. The first-order chi connectivity index (χ1) is 22.2. The van der Waals surface area contributed by atoms with Gasteiger partial charge in [0, 0.05) is 12.2 Å². The van der Waals surface area contributed by atoms with Crippen LogP contribution in [-0.4, -0.2) is 6.54 Å². The predicted molar refractivity (Wildman–Crippen MR) is 204 cm³/mol. The molecular weight excluding hydrogens is 555 g/mol. The zero-order valence-corrected chi connectivity index (χ0v) is 32.2. The molecule has 0 aromatic rings. The first kappa shape index (κ1) is 38.1. The van der Waals surface area contributed by atoms with E-state index in [2.05, 4.69) is 59.5 Å². The number of hydrogen-bond donors (Lipinski definition) is 1. The standard InChI is InChI=1S/C45H81N/c1-8-9-10-11-12-13-14-15-16-17-18-19-20-32-46-37(5)33-38-28-30-44(6)39(34-38)24-25-40-42-27-26-41(36(4)23-21-22-35(2)3)45(42,7)31-29-43(40)44/h24,35-36,38,40-43,46H,5,8-23,25-34H2,1-4,6-7H3. The molecule has 0 amide bonds. The van der Waals surface area contributed by atoms with Gasteiger partial charge in [-0.1, -0.05) is 156 Å². The van der Waals surface area contributed by atoms with Crippen molar-refractivity contribution in [3.8, 4) is 0 Å². The van der Waals surface area contributed by atoms with E-state index in [4.69, 9.17) is 0 Å². The van der Waals surface area contributed by atoms with Crippen LogP contribution in [0.25, 0.3) is 0 Å². The third-order valence-corrected chi connectivity index (χ3v) is 14.6. The molecule has 0 heterocycles. The van der Waals surface area contributed by atoms with Gasteiger partial charge in [-0.3, -0.25) is 0 Å². The van der Waals surface area contributed by atoms with Crippen LogP contribution < -0.4 is 5.32 Å². The van der Waals surface area contributed by atoms with Crippen molar-refractivity contribution >= 4 is 0 Å². The van der Waals surface area contributed by atoms with E-state index in [0.717, 1.165) is 48.0 Å². The molecule has 46 heavy (non-hydrogen) atoms. The van der Waals surface area contributed by atoms with Gasteiger partial charge in [0.15, 0.2) is 0 Å². The van der Waals surface area contributed by atoms with Crippen LogP contribution in [0.2, 0.25) is 0 Å². The van der Waals surface area contributed by atoms with Crippen LogP contribution in [0.15, 0.2) is 23.9 Å². The summed E-state index contributed by atoms with van der Waals surface area (Å²) in [5, 5.41) is 3.74. The second-order valence-electron chi connectivity index (χ2n) is 18.4. The SMILES string of the molecule is C=C(CC1CCC2(C)C(=CCC3C2CCC2(C)C(C(C)CCCC(C)C)CCC32)C1)NCCCCCCCCCCCCCCC. The van der Waals surface area contributed by atoms with E-state index in [9.17, 15) is 0 Å². The lowest BCUT2D eigenvalue weighted by atomic mass is 9.46. The Morgan fingerprint density at radius 1 is 0.783 bits per heavy atom. The van der Waals surface area contributed by atoms with Crippen LogP contribution in [0.3, 0.4) is 0 Å². The first-order valence-electron chi connectivity index (χ1n) is 21.3. The van der Waals surface area contributed by atoms with Gasteiger partial charge in [0.25, 0.3) is 0 Å². The van der Waals surface area contributed by atoms with E-state index >= 15 is 0 Å². The van der Waals surface area contributed by atoms with Crippen LogP contribution >= 0.6 is 0 Å². The molecule has 1 heteroatoms. The average Bonchev–Trinajstić information content (AvgIpc) is 3.38. The van der Waals surface area contributed by atoms with Gasteiger partial charge in [-0.05, 0) is 116 Å². The van der Waals surface area contributed by atoms with E-state index in [1.54, 1.807) is 0 Å². The molecule has 0 aromatic heterocycles. The molecule has 0 bridgehead atoms. The highest BCUT2D eigenvalue weighted by Gasteiger charge is 2.59. The zero-order valence-electron chi connectivity index (χ0n) is 32.2. The fourth-order valence-corrected chi connectivity index (χ4v) is 11.8. The fraction of sp³-hybridized carbons (Fsp3) is 0.911. The van der Waals surface area contributed by atoms with E-state index in [1.807, 2.05) is 5.57 Å². The predicted octanol–water partition coefficient (Wildman–Crippen LogP) is 14.2. The Bertz CT molecular complexity index is 914. The molecular formula is C45H81N. The maximum Gasteiger partial charge on any atom is 0.0143 e. The Morgan fingerprint density at radius 2 is 1.43 bits per heavy atom. The molecule has 1 N–H and O–H groups in total. The molecule has 1 nitrogen and oxygen atoms in total. The molecule has 8 unspecified atom stereocenters. The highest BCUT2D eigenvalue weighted by atomic mass is 14.9. The average molecular weight is 636 g/mol. The van der Waals surface area contributed by atoms with Crippen molar-refractivity contribution in [2.45, 2.75) is 202 Å². The van der Waals surface area contributed by atoms with E-state index in [0.29, 0.717) is 10.8 Å². The van der Waals surface area contributed by atoms with Crippen LogP contribution in [0.5, 0.6) is 0 Å². The smallest absolute Gasteiger partial charge is 0.0143 e. The number of allylic oxidation sites excluding steroid dienone is 3. The summed E-state index contributed by atoms with van der Waals surface area (Å²) >= 11 is 0. The lowest BCUT2D eigenvalue weighted by Gasteiger charge is -2.58. The molecule has 0 aliphatic heterocycles. The number of hydrogen-bond acceptors (Lipinski definition) is 1. The van der Waals surface area contributed by atoms with Gasteiger partial charge < -0.3 is 5.32 Å². The van der Waals surface area contributed by atoms with Gasteiger partial charge in [0.1, 0.15) is 0 Å². The zero-order chi connectivity index (χ0) is 33.0. The maximum absolute atomic E-state index is 4.50. The number of fused-ring (bicyclic) bond motifs is 5. The van der Waals surface area contributed by atoms with Crippen LogP contribution in [0, 0.1) is 52.3 Å². The Labute approximate surface area is 289 Å². The normalized spacial score (nSPS) is 32.8. The lowest BCUT2D eigenvalue weighted by Crippen LogP contribution is -2.50. The first-order valence-corrected chi connectivity index (χ1v) is 21.3. The van der Waals surface area contributed by atoms with Crippen molar-refractivity contribution < 1.29 is 0 Å². The molecule has 0 aromatic carbocycles. The summed E-state index contributed by atoms with van der Waals surface area (Å²) in [6, 6.07) is 0. The number of rotatable bonds is 22. The Morgan fingerprint density at radius 3 is 2.09 bits per heavy atom. The minimum Gasteiger partial charge on any atom is -0.389 e. The Kier molecular flexibility index (Phi) is 15.6. The molecule has 4 rings (SSSR count). The monoisotopic (exact) mass is 636 g/mol. The van der Waals surface area contributed by atoms with Gasteiger partial charge in [-0.2, -0.15) is 0 Å². The van der Waals surface area contributed by atoms with E-state index in [-0.39, 0.29) is 0 Å². The Balaban J connectivity index is 1.12. The molecule has 0 radical (unpaired) electrons. The minimum absolute atomic E-state index is 0.477. The molecule has 4 aliphatic rings. The summed E-state index contributed by atoms with van der Waals surface area (Å²) in [6.07, 6.45) is 38.5. The fourth-order valence-electron chi connectivity index (χ4n) is 11.8. The van der Waals surface area contributed by atoms with Crippen LogP contribution in [-0.2, 0) is 0 Å². The second kappa shape index (κ2) is 18.9. The summed E-state index contributed by atoms with van der Waals surface area (Å²) < 4.78 is 0. The number of nitrogens with one attached hydrogen (secondary N) is 1. The molecule has 266 valence electrons. The molecule has 3 saturated carbocycles. The molecule has 0 spiro atoms. The molecule has 0 saturated heterocycles. The van der Waals surface area contributed by atoms with Crippen molar-refractivity contribution in [2.75, 3.05) is 6.54 Å². The van der Waals surface area contributed by atoms with E-state index in [1.165, 1.54) is 166 Å². The minimum atomic E-state index is 0.477. The summed E-state index contributed by atoms with van der Waals surface area (Å²) in [7, 11) is 0. The summed E-state index contributed by atoms with van der Waals surface area (Å²) in [5.74, 6) is 6.42. The number of unbranched alkanes of at least 4 members (excludes halogenated alkanes) is 12. The topological polar surface area (TPSA) is 12.0 Å². The van der Waals surface area contributed by atoms with Crippen molar-refractivity contribution in [1.29, 1.82) is 0 Å². The van der Waals surface area contributed by atoms with Crippen LogP contribution in [0.4, 0.5) is 0 Å². The summed E-state index contributed by atoms with van der Waals surface area (Å²) in [5.41, 5.74) is 4.25. The summed E-state index contributed by atoms with van der Waals surface area (Å²) in [4.78, 5) is 0. The molecule has 3 fully saturated rings. The van der Waals surface area contributed by atoms with Crippen LogP contribution in [0.1, 0.15) is 202 Å². The van der Waals surface area contributed by atoms with Gasteiger partial charge >= 0.3 is 0 Å².